The van der Waals surface area contributed by atoms with E-state index in [2.05, 4.69) is 20.0 Å². The van der Waals surface area contributed by atoms with E-state index in [1.54, 1.807) is 18.2 Å². The normalized spacial score (nSPS) is 11.7. The van der Waals surface area contributed by atoms with Gasteiger partial charge >= 0.3 is 12.9 Å². The van der Waals surface area contributed by atoms with Crippen LogP contribution >= 0.6 is 0 Å². The summed E-state index contributed by atoms with van der Waals surface area (Å²) in [5.74, 6) is -0.131. The Labute approximate surface area is 216 Å². The Bertz CT molecular complexity index is 1690. The van der Waals surface area contributed by atoms with E-state index in [-0.39, 0.29) is 17.1 Å². The van der Waals surface area contributed by atoms with Crippen LogP contribution in [0.4, 0.5) is 22.0 Å². The second kappa shape index (κ2) is 10.0. The first-order chi connectivity index (χ1) is 18.6. The van der Waals surface area contributed by atoms with Gasteiger partial charge in [0.15, 0.2) is 5.69 Å². The van der Waals surface area contributed by atoms with Gasteiger partial charge in [0.25, 0.3) is 0 Å². The third-order valence-electron chi connectivity index (χ3n) is 5.55. The maximum atomic E-state index is 12.9. The molecule has 0 bridgehead atoms. The Morgan fingerprint density at radius 2 is 1.79 bits per heavy atom. The second-order valence-corrected chi connectivity index (χ2v) is 8.02. The molecule has 200 valence electrons. The van der Waals surface area contributed by atoms with Crippen molar-refractivity contribution in [3.8, 4) is 45.4 Å². The molecule has 0 amide bonds. The quantitative estimate of drug-likeness (QED) is 0.260. The molecule has 0 N–H and O–H groups in total. The average molecular weight is 544 g/mol. The molecule has 0 aliphatic heterocycles. The number of alkyl halides is 5. The van der Waals surface area contributed by atoms with Gasteiger partial charge < -0.3 is 9.47 Å². The van der Waals surface area contributed by atoms with E-state index in [9.17, 15) is 26.7 Å². The van der Waals surface area contributed by atoms with E-state index < -0.39 is 24.1 Å². The first-order valence-electron chi connectivity index (χ1n) is 11.1. The molecule has 0 saturated carbocycles. The zero-order chi connectivity index (χ0) is 27.7. The van der Waals surface area contributed by atoms with Gasteiger partial charge in [-0.05, 0) is 35.9 Å². The molecule has 0 aliphatic carbocycles. The molecule has 14 heteroatoms. The molecule has 0 aliphatic rings. The van der Waals surface area contributed by atoms with Crippen molar-refractivity contribution >= 4 is 0 Å². The molecule has 3 heterocycles. The molecule has 9 nitrogen and oxygen atoms in total. The zero-order valence-corrected chi connectivity index (χ0v) is 19.9. The smallest absolute Gasteiger partial charge is 0.494 e. The number of methoxy groups -OCH3 is 1. The summed E-state index contributed by atoms with van der Waals surface area (Å²) in [5, 5.41) is 12.2. The summed E-state index contributed by atoms with van der Waals surface area (Å²) < 4.78 is 76.5. The molecule has 0 fully saturated rings. The van der Waals surface area contributed by atoms with E-state index >= 15 is 0 Å². The molecule has 3 aromatic heterocycles. The van der Waals surface area contributed by atoms with Crippen LogP contribution in [0.2, 0.25) is 0 Å². The highest BCUT2D eigenvalue weighted by Gasteiger charge is 2.31. The van der Waals surface area contributed by atoms with Crippen LogP contribution in [0, 0.1) is 0 Å². The van der Waals surface area contributed by atoms with Crippen molar-refractivity contribution in [2.75, 3.05) is 7.11 Å². The number of nitrogens with zero attached hydrogens (tertiary/aromatic N) is 6. The van der Waals surface area contributed by atoms with Crippen molar-refractivity contribution in [2.45, 2.75) is 12.9 Å². The Kier molecular flexibility index (Phi) is 6.60. The lowest BCUT2D eigenvalue weighted by atomic mass is 10.1. The van der Waals surface area contributed by atoms with Gasteiger partial charge in [0.2, 0.25) is 5.43 Å². The molecule has 0 saturated heterocycles. The standard InChI is InChI=1S/C25H17F5N6O3/c1-38-22-11-15(16-13-32-35(14-16)24(26)27)5-6-19(22)34-10-8-21(37)23(33-34)20-7-9-31-36(20)17-3-2-4-18(12-17)39-25(28,29)30/h2-14,24H,1H3. The van der Waals surface area contributed by atoms with Crippen molar-refractivity contribution in [1.29, 1.82) is 0 Å². The molecular weight excluding hydrogens is 527 g/mol. The zero-order valence-electron chi connectivity index (χ0n) is 19.9. The highest BCUT2D eigenvalue weighted by Crippen LogP contribution is 2.31. The van der Waals surface area contributed by atoms with Gasteiger partial charge in [-0.15, -0.1) is 13.2 Å². The summed E-state index contributed by atoms with van der Waals surface area (Å²) in [6.45, 7) is -2.78. The predicted molar refractivity (Wildman–Crippen MR) is 128 cm³/mol. The van der Waals surface area contributed by atoms with Crippen LogP contribution in [0.1, 0.15) is 6.55 Å². The van der Waals surface area contributed by atoms with Gasteiger partial charge in [-0.25, -0.2) is 14.0 Å². The molecule has 0 unspecified atom stereocenters. The van der Waals surface area contributed by atoms with Gasteiger partial charge in [-0.1, -0.05) is 12.1 Å². The van der Waals surface area contributed by atoms with Gasteiger partial charge in [0.1, 0.15) is 17.2 Å². The Hall–Kier alpha value is -5.01. The first kappa shape index (κ1) is 25.6. The molecular formula is C25H17F5N6O3. The summed E-state index contributed by atoms with van der Waals surface area (Å²) in [6, 6.07) is 12.8. The number of ether oxygens (including phenoxy) is 2. The van der Waals surface area contributed by atoms with E-state index in [1.165, 1.54) is 65.5 Å². The molecule has 0 spiro atoms. The number of benzene rings is 2. The predicted octanol–water partition coefficient (Wildman–Crippen LogP) is 5.25. The number of halogens is 5. The maximum Gasteiger partial charge on any atom is 0.573 e. The van der Waals surface area contributed by atoms with Crippen LogP contribution < -0.4 is 14.9 Å². The van der Waals surface area contributed by atoms with Crippen molar-refractivity contribution < 1.29 is 31.4 Å². The lowest BCUT2D eigenvalue weighted by Gasteiger charge is -2.14. The van der Waals surface area contributed by atoms with Crippen LogP contribution in [0.25, 0.3) is 33.9 Å². The van der Waals surface area contributed by atoms with Crippen LogP contribution in [-0.4, -0.2) is 42.8 Å². The summed E-state index contributed by atoms with van der Waals surface area (Å²) >= 11 is 0. The topological polar surface area (TPSA) is 89.0 Å². The highest BCUT2D eigenvalue weighted by atomic mass is 19.4. The Morgan fingerprint density at radius 3 is 2.51 bits per heavy atom. The third kappa shape index (κ3) is 5.35. The van der Waals surface area contributed by atoms with Gasteiger partial charge in [0, 0.05) is 30.1 Å². The van der Waals surface area contributed by atoms with Gasteiger partial charge in [-0.2, -0.15) is 24.1 Å². The lowest BCUT2D eigenvalue weighted by Crippen LogP contribution is -2.17. The summed E-state index contributed by atoms with van der Waals surface area (Å²) in [4.78, 5) is 12.8. The minimum Gasteiger partial charge on any atom is -0.494 e. The largest absolute Gasteiger partial charge is 0.573 e. The minimum atomic E-state index is -4.88. The summed E-state index contributed by atoms with van der Waals surface area (Å²) in [5.41, 5.74) is 1.34. The van der Waals surface area contributed by atoms with Gasteiger partial charge in [-0.3, -0.25) is 4.79 Å². The third-order valence-corrected chi connectivity index (χ3v) is 5.55. The monoisotopic (exact) mass is 544 g/mol. The van der Waals surface area contributed by atoms with Crippen molar-refractivity contribution in [2.24, 2.45) is 0 Å². The fourth-order valence-electron chi connectivity index (χ4n) is 3.86. The number of hydrogen-bond acceptors (Lipinski definition) is 6. The van der Waals surface area contributed by atoms with Crippen LogP contribution in [0.3, 0.4) is 0 Å². The average Bonchev–Trinajstić information content (AvgIpc) is 3.58. The molecule has 0 radical (unpaired) electrons. The fraction of sp³-hybridized carbons (Fsp3) is 0.120. The van der Waals surface area contributed by atoms with Crippen LogP contribution in [0.5, 0.6) is 11.5 Å². The molecule has 2 aromatic carbocycles. The van der Waals surface area contributed by atoms with Crippen molar-refractivity contribution in [3.63, 3.8) is 0 Å². The summed E-state index contributed by atoms with van der Waals surface area (Å²) in [6.07, 6.45) is 0.409. The Morgan fingerprint density at radius 1 is 0.974 bits per heavy atom. The summed E-state index contributed by atoms with van der Waals surface area (Å²) in [7, 11) is 1.42. The van der Waals surface area contributed by atoms with Gasteiger partial charge in [0.05, 0.1) is 30.9 Å². The van der Waals surface area contributed by atoms with E-state index in [0.29, 0.717) is 27.2 Å². The van der Waals surface area contributed by atoms with Crippen LogP contribution in [0.15, 0.2) is 84.2 Å². The van der Waals surface area contributed by atoms with Crippen LogP contribution in [-0.2, 0) is 0 Å². The number of aromatic nitrogens is 6. The Balaban J connectivity index is 1.53. The highest BCUT2D eigenvalue weighted by molar-refractivity contribution is 5.67. The number of hydrogen-bond donors (Lipinski definition) is 0. The molecule has 5 aromatic rings. The minimum absolute atomic E-state index is 0.0403. The molecule has 39 heavy (non-hydrogen) atoms. The SMILES string of the molecule is COc1cc(-c2cnn(C(F)F)c2)ccc1-n1ccc(=O)c(-c2ccnn2-c2cccc(OC(F)(F)F)c2)n1. The second-order valence-electron chi connectivity index (χ2n) is 8.02. The molecule has 5 rings (SSSR count). The van der Waals surface area contributed by atoms with Crippen molar-refractivity contribution in [1.82, 2.24) is 29.3 Å². The fourth-order valence-corrected chi connectivity index (χ4v) is 3.86. The molecule has 0 atom stereocenters. The lowest BCUT2D eigenvalue weighted by molar-refractivity contribution is -0.274. The van der Waals surface area contributed by atoms with E-state index in [1.807, 2.05) is 0 Å². The van der Waals surface area contributed by atoms with E-state index in [0.717, 1.165) is 12.1 Å². The number of rotatable bonds is 7. The first-order valence-corrected chi connectivity index (χ1v) is 11.1. The maximum absolute atomic E-state index is 12.9. The van der Waals surface area contributed by atoms with E-state index in [4.69, 9.17) is 4.74 Å². The van der Waals surface area contributed by atoms with Crippen molar-refractivity contribution in [3.05, 3.63) is 89.6 Å².